The molecule has 0 radical (unpaired) electrons. The first-order valence-corrected chi connectivity index (χ1v) is 9.59. The molecular formula is C18H28N2O3S. The van der Waals surface area contributed by atoms with Crippen LogP contribution in [0.25, 0.3) is 0 Å². The smallest absolute Gasteiger partial charge is 0.261 e. The topological polar surface area (TPSA) is 58.6 Å². The molecule has 1 saturated heterocycles. The van der Waals surface area contributed by atoms with Gasteiger partial charge in [-0.2, -0.15) is 0 Å². The molecule has 1 aromatic heterocycles. The van der Waals surface area contributed by atoms with Crippen LogP contribution in [0, 0.1) is 5.92 Å². The summed E-state index contributed by atoms with van der Waals surface area (Å²) in [6.45, 7) is 9.95. The Balaban J connectivity index is 1.99. The highest BCUT2D eigenvalue weighted by molar-refractivity contribution is 7.15. The third kappa shape index (κ3) is 4.88. The highest BCUT2D eigenvalue weighted by Gasteiger charge is 2.27. The van der Waals surface area contributed by atoms with Gasteiger partial charge in [-0.05, 0) is 25.0 Å². The van der Waals surface area contributed by atoms with Crippen LogP contribution in [0.15, 0.2) is 12.1 Å². The van der Waals surface area contributed by atoms with E-state index in [-0.39, 0.29) is 11.7 Å². The first-order valence-electron chi connectivity index (χ1n) is 8.77. The fourth-order valence-corrected chi connectivity index (χ4v) is 4.09. The molecule has 2 rings (SSSR count). The first-order chi connectivity index (χ1) is 11.6. The maximum Gasteiger partial charge on any atom is 0.261 e. The monoisotopic (exact) mass is 352 g/mol. The van der Waals surface area contributed by atoms with Gasteiger partial charge in [0, 0.05) is 25.7 Å². The van der Waals surface area contributed by atoms with Crippen molar-refractivity contribution in [3.05, 3.63) is 21.9 Å². The van der Waals surface area contributed by atoms with E-state index in [2.05, 4.69) is 24.1 Å². The Morgan fingerprint density at radius 3 is 2.38 bits per heavy atom. The number of morpholine rings is 1. The molecule has 24 heavy (non-hydrogen) atoms. The van der Waals surface area contributed by atoms with Crippen LogP contribution in [0.5, 0.6) is 0 Å². The number of nitrogens with zero attached hydrogens (tertiary/aromatic N) is 1. The second kappa shape index (κ2) is 9.30. The minimum absolute atomic E-state index is 0.00210. The Kier molecular flexibility index (Phi) is 7.40. The van der Waals surface area contributed by atoms with Crippen LogP contribution in [-0.4, -0.2) is 55.5 Å². The maximum atomic E-state index is 12.4. The molecule has 6 heteroatoms. The van der Waals surface area contributed by atoms with E-state index in [1.54, 1.807) is 12.1 Å². The molecule has 1 aromatic rings. The summed E-state index contributed by atoms with van der Waals surface area (Å²) >= 11 is 1.26. The standard InChI is InChI=1S/C18H28N2O3S/c1-4-14(5-2)15(20-8-10-23-11-9-20)12-19-18(22)17-7-6-16(24-17)13(3)21/h6-7,14-15H,4-5,8-12H2,1-3H3,(H,19,22)/t15-/m1/s1. The largest absolute Gasteiger partial charge is 0.379 e. The van der Waals surface area contributed by atoms with Crippen LogP contribution in [0.3, 0.4) is 0 Å². The number of hydrogen-bond acceptors (Lipinski definition) is 5. The summed E-state index contributed by atoms with van der Waals surface area (Å²) in [5.41, 5.74) is 0. The molecule has 1 atom stereocenters. The number of carbonyl (C=O) groups excluding carboxylic acids is 2. The molecule has 5 nitrogen and oxygen atoms in total. The highest BCUT2D eigenvalue weighted by Crippen LogP contribution is 2.21. The number of ether oxygens (including phenoxy) is 1. The van der Waals surface area contributed by atoms with E-state index in [0.29, 0.717) is 28.3 Å². The second-order valence-electron chi connectivity index (χ2n) is 6.22. The van der Waals surface area contributed by atoms with Gasteiger partial charge in [-0.15, -0.1) is 11.3 Å². The van der Waals surface area contributed by atoms with Gasteiger partial charge >= 0.3 is 0 Å². The fourth-order valence-electron chi connectivity index (χ4n) is 3.27. The predicted octanol–water partition coefficient (Wildman–Crippen LogP) is 2.82. The number of hydrogen-bond donors (Lipinski definition) is 1. The minimum Gasteiger partial charge on any atom is -0.379 e. The molecule has 1 amide bonds. The van der Waals surface area contributed by atoms with E-state index in [1.165, 1.54) is 18.3 Å². The van der Waals surface area contributed by atoms with Crippen LogP contribution in [0.4, 0.5) is 0 Å². The molecule has 2 heterocycles. The minimum atomic E-state index is -0.0864. The zero-order valence-corrected chi connectivity index (χ0v) is 15.7. The van der Waals surface area contributed by atoms with Gasteiger partial charge in [0.1, 0.15) is 0 Å². The third-order valence-electron chi connectivity index (χ3n) is 4.76. The number of ketones is 1. The van der Waals surface area contributed by atoms with Crippen LogP contribution in [0.2, 0.25) is 0 Å². The van der Waals surface area contributed by atoms with Crippen molar-refractivity contribution in [1.82, 2.24) is 10.2 Å². The van der Waals surface area contributed by atoms with Gasteiger partial charge in [0.2, 0.25) is 0 Å². The van der Waals surface area contributed by atoms with E-state index >= 15 is 0 Å². The van der Waals surface area contributed by atoms with Crippen molar-refractivity contribution in [2.24, 2.45) is 5.92 Å². The zero-order chi connectivity index (χ0) is 17.5. The van der Waals surface area contributed by atoms with E-state index < -0.39 is 0 Å². The quantitative estimate of drug-likeness (QED) is 0.731. The summed E-state index contributed by atoms with van der Waals surface area (Å²) in [5.74, 6) is 0.471. The number of nitrogens with one attached hydrogen (secondary N) is 1. The van der Waals surface area contributed by atoms with Crippen molar-refractivity contribution < 1.29 is 14.3 Å². The lowest BCUT2D eigenvalue weighted by Crippen LogP contribution is -2.52. The number of Topliss-reactive ketones (excluding diaryl/α,β-unsaturated/α-hetero) is 1. The number of amides is 1. The van der Waals surface area contributed by atoms with Gasteiger partial charge in [0.05, 0.1) is 23.0 Å². The normalized spacial score (nSPS) is 17.0. The first kappa shape index (κ1) is 19.1. The summed E-state index contributed by atoms with van der Waals surface area (Å²) in [6.07, 6.45) is 2.20. The molecule has 0 spiro atoms. The highest BCUT2D eigenvalue weighted by atomic mass is 32.1. The molecule has 1 fully saturated rings. The van der Waals surface area contributed by atoms with Crippen LogP contribution in [0.1, 0.15) is 53.0 Å². The van der Waals surface area contributed by atoms with E-state index in [1.807, 2.05) is 0 Å². The van der Waals surface area contributed by atoms with E-state index in [4.69, 9.17) is 4.74 Å². The molecule has 1 aliphatic heterocycles. The molecule has 0 aromatic carbocycles. The van der Waals surface area contributed by atoms with Crippen LogP contribution < -0.4 is 5.32 Å². The Bertz CT molecular complexity index is 548. The van der Waals surface area contributed by atoms with Crippen molar-refractivity contribution >= 4 is 23.0 Å². The lowest BCUT2D eigenvalue weighted by atomic mass is 9.92. The predicted molar refractivity (Wildman–Crippen MR) is 96.9 cm³/mol. The van der Waals surface area contributed by atoms with Crippen molar-refractivity contribution in [3.63, 3.8) is 0 Å². The number of carbonyl (C=O) groups is 2. The van der Waals surface area contributed by atoms with Crippen molar-refractivity contribution in [2.75, 3.05) is 32.8 Å². The molecule has 0 aliphatic carbocycles. The van der Waals surface area contributed by atoms with Crippen molar-refractivity contribution in [1.29, 1.82) is 0 Å². The summed E-state index contributed by atoms with van der Waals surface area (Å²) in [7, 11) is 0. The number of thiophene rings is 1. The second-order valence-corrected chi connectivity index (χ2v) is 7.31. The lowest BCUT2D eigenvalue weighted by Gasteiger charge is -2.38. The molecule has 0 saturated carbocycles. The van der Waals surface area contributed by atoms with Gasteiger partial charge in [-0.1, -0.05) is 26.7 Å². The Morgan fingerprint density at radius 1 is 1.21 bits per heavy atom. The summed E-state index contributed by atoms with van der Waals surface area (Å²) in [4.78, 5) is 27.5. The molecular weight excluding hydrogens is 324 g/mol. The maximum absolute atomic E-state index is 12.4. The van der Waals surface area contributed by atoms with Crippen LogP contribution >= 0.6 is 11.3 Å². The average Bonchev–Trinajstić information content (AvgIpc) is 3.09. The van der Waals surface area contributed by atoms with Gasteiger partial charge in [0.25, 0.3) is 5.91 Å². The van der Waals surface area contributed by atoms with Gasteiger partial charge in [-0.3, -0.25) is 14.5 Å². The summed E-state index contributed by atoms with van der Waals surface area (Å²) in [5, 5.41) is 3.08. The van der Waals surface area contributed by atoms with Gasteiger partial charge in [-0.25, -0.2) is 0 Å². The summed E-state index contributed by atoms with van der Waals surface area (Å²) in [6, 6.07) is 3.79. The third-order valence-corrected chi connectivity index (χ3v) is 5.94. The molecule has 1 N–H and O–H groups in total. The lowest BCUT2D eigenvalue weighted by molar-refractivity contribution is 0.00192. The average molecular weight is 353 g/mol. The van der Waals surface area contributed by atoms with Crippen LogP contribution in [-0.2, 0) is 4.74 Å². The molecule has 0 bridgehead atoms. The van der Waals surface area contributed by atoms with Gasteiger partial charge in [0.15, 0.2) is 5.78 Å². The van der Waals surface area contributed by atoms with Gasteiger partial charge < -0.3 is 10.1 Å². The van der Waals surface area contributed by atoms with E-state index in [0.717, 1.165) is 39.1 Å². The Morgan fingerprint density at radius 2 is 1.83 bits per heavy atom. The zero-order valence-electron chi connectivity index (χ0n) is 14.8. The Hall–Kier alpha value is -1.24. The SMILES string of the molecule is CCC(CC)[C@@H](CNC(=O)c1ccc(C(C)=O)s1)N1CCOCC1. The van der Waals surface area contributed by atoms with Crippen molar-refractivity contribution in [2.45, 2.75) is 39.7 Å². The number of rotatable bonds is 8. The molecule has 1 aliphatic rings. The Labute approximate surface area is 148 Å². The molecule has 0 unspecified atom stereocenters. The fraction of sp³-hybridized carbons (Fsp3) is 0.667. The molecule has 134 valence electrons. The summed E-state index contributed by atoms with van der Waals surface area (Å²) < 4.78 is 5.46. The van der Waals surface area contributed by atoms with Crippen molar-refractivity contribution in [3.8, 4) is 0 Å². The van der Waals surface area contributed by atoms with E-state index in [9.17, 15) is 9.59 Å².